The van der Waals surface area contributed by atoms with E-state index in [-0.39, 0.29) is 5.56 Å². The Morgan fingerprint density at radius 1 is 1.33 bits per heavy atom. The van der Waals surface area contributed by atoms with Crippen LogP contribution in [-0.4, -0.2) is 41.4 Å². The number of rotatable bonds is 8. The molecule has 1 heterocycles. The second-order valence-corrected chi connectivity index (χ2v) is 7.01. The van der Waals surface area contributed by atoms with Gasteiger partial charge in [-0.1, -0.05) is 13.8 Å². The van der Waals surface area contributed by atoms with Gasteiger partial charge in [-0.25, -0.2) is 4.68 Å². The fourth-order valence-electron chi connectivity index (χ4n) is 1.94. The molecule has 0 saturated heterocycles. The third kappa shape index (κ3) is 6.18. The zero-order valence-corrected chi connectivity index (χ0v) is 15.3. The lowest BCUT2D eigenvalue weighted by atomic mass is 10.0. The smallest absolute Gasteiger partial charge is 0.283 e. The number of hydrogen-bond acceptors (Lipinski definition) is 4. The number of nitrogens with zero attached hydrogens (tertiary/aromatic N) is 3. The van der Waals surface area contributed by atoms with Crippen molar-refractivity contribution in [2.24, 2.45) is 5.92 Å². The van der Waals surface area contributed by atoms with E-state index in [0.29, 0.717) is 23.0 Å². The molecular formula is C15H27BrN4O. The molecule has 0 radical (unpaired) electrons. The summed E-state index contributed by atoms with van der Waals surface area (Å²) >= 11 is 3.40. The van der Waals surface area contributed by atoms with Crippen LogP contribution in [0, 0.1) is 5.92 Å². The van der Waals surface area contributed by atoms with Crippen molar-refractivity contribution in [1.29, 1.82) is 0 Å². The van der Waals surface area contributed by atoms with Crippen LogP contribution in [0.5, 0.6) is 0 Å². The topological polar surface area (TPSA) is 50.2 Å². The van der Waals surface area contributed by atoms with E-state index in [0.717, 1.165) is 18.7 Å². The average molecular weight is 359 g/mol. The summed E-state index contributed by atoms with van der Waals surface area (Å²) in [6.07, 6.45) is 3.97. The lowest BCUT2D eigenvalue weighted by Gasteiger charge is -2.18. The molecule has 0 bridgehead atoms. The van der Waals surface area contributed by atoms with Gasteiger partial charge >= 0.3 is 0 Å². The molecule has 1 aromatic heterocycles. The maximum absolute atomic E-state index is 12.2. The van der Waals surface area contributed by atoms with Gasteiger partial charge in [-0.2, -0.15) is 5.10 Å². The molecule has 1 N–H and O–H groups in total. The summed E-state index contributed by atoms with van der Waals surface area (Å²) in [5.41, 5.74) is 0.690. The van der Waals surface area contributed by atoms with Crippen LogP contribution >= 0.6 is 15.9 Å². The highest BCUT2D eigenvalue weighted by molar-refractivity contribution is 9.10. The van der Waals surface area contributed by atoms with E-state index in [4.69, 9.17) is 0 Å². The van der Waals surface area contributed by atoms with E-state index in [1.54, 1.807) is 6.20 Å². The Kier molecular flexibility index (Phi) is 7.39. The third-order valence-corrected chi connectivity index (χ3v) is 4.09. The Morgan fingerprint density at radius 3 is 2.57 bits per heavy atom. The average Bonchev–Trinajstić information content (AvgIpc) is 2.40. The maximum atomic E-state index is 12.2. The lowest BCUT2D eigenvalue weighted by Crippen LogP contribution is -2.30. The monoisotopic (exact) mass is 358 g/mol. The van der Waals surface area contributed by atoms with E-state index in [2.05, 4.69) is 47.1 Å². The summed E-state index contributed by atoms with van der Waals surface area (Å²) in [5.74, 6) is 0.690. The molecule has 0 spiro atoms. The summed E-state index contributed by atoms with van der Waals surface area (Å²) in [4.78, 5) is 14.3. The highest BCUT2D eigenvalue weighted by atomic mass is 79.9. The molecule has 0 aliphatic carbocycles. The number of halogens is 1. The van der Waals surface area contributed by atoms with Crippen molar-refractivity contribution >= 4 is 21.6 Å². The summed E-state index contributed by atoms with van der Waals surface area (Å²) in [6.45, 7) is 7.95. The van der Waals surface area contributed by atoms with Gasteiger partial charge in [-0.15, -0.1) is 0 Å². The largest absolute Gasteiger partial charge is 0.380 e. The van der Waals surface area contributed by atoms with Crippen LogP contribution in [-0.2, 0) is 6.54 Å². The molecule has 0 amide bonds. The Morgan fingerprint density at radius 2 is 2.00 bits per heavy atom. The molecule has 0 aliphatic heterocycles. The van der Waals surface area contributed by atoms with Crippen molar-refractivity contribution in [2.75, 3.05) is 26.0 Å². The van der Waals surface area contributed by atoms with Gasteiger partial charge in [0, 0.05) is 12.6 Å². The van der Waals surface area contributed by atoms with Gasteiger partial charge in [-0.3, -0.25) is 4.79 Å². The Labute approximate surface area is 135 Å². The molecular weight excluding hydrogens is 332 g/mol. The molecule has 6 heteroatoms. The van der Waals surface area contributed by atoms with Crippen molar-refractivity contribution in [3.05, 3.63) is 21.0 Å². The zero-order valence-electron chi connectivity index (χ0n) is 13.7. The molecule has 1 rings (SSSR count). The van der Waals surface area contributed by atoms with Gasteiger partial charge < -0.3 is 10.2 Å². The van der Waals surface area contributed by atoms with Crippen LogP contribution in [0.25, 0.3) is 0 Å². The quantitative estimate of drug-likeness (QED) is 0.776. The van der Waals surface area contributed by atoms with Crippen LogP contribution in [0.2, 0.25) is 0 Å². The van der Waals surface area contributed by atoms with E-state index < -0.39 is 0 Å². The Bertz CT molecular complexity index is 499. The molecule has 21 heavy (non-hydrogen) atoms. The molecule has 0 aliphatic rings. The van der Waals surface area contributed by atoms with Gasteiger partial charge in [-0.05, 0) is 55.7 Å². The highest BCUT2D eigenvalue weighted by Crippen LogP contribution is 2.19. The molecule has 0 aromatic carbocycles. The van der Waals surface area contributed by atoms with E-state index in [9.17, 15) is 4.79 Å². The van der Waals surface area contributed by atoms with Crippen LogP contribution in [0.15, 0.2) is 15.5 Å². The summed E-state index contributed by atoms with van der Waals surface area (Å²) in [5, 5.41) is 7.61. The number of anilines is 1. The molecule has 0 saturated carbocycles. The fourth-order valence-corrected chi connectivity index (χ4v) is 2.36. The van der Waals surface area contributed by atoms with E-state index in [1.807, 2.05) is 19.0 Å². The predicted molar refractivity (Wildman–Crippen MR) is 91.9 cm³/mol. The third-order valence-electron chi connectivity index (χ3n) is 3.32. The van der Waals surface area contributed by atoms with Crippen molar-refractivity contribution in [3.8, 4) is 0 Å². The van der Waals surface area contributed by atoms with Gasteiger partial charge in [0.15, 0.2) is 0 Å². The summed E-state index contributed by atoms with van der Waals surface area (Å²) < 4.78 is 2.06. The molecule has 0 fully saturated rings. The first kappa shape index (κ1) is 18.2. The van der Waals surface area contributed by atoms with Gasteiger partial charge in [0.1, 0.15) is 4.47 Å². The van der Waals surface area contributed by atoms with Crippen LogP contribution in [0.3, 0.4) is 0 Å². The first-order chi connectivity index (χ1) is 9.81. The molecule has 1 unspecified atom stereocenters. The van der Waals surface area contributed by atoms with Crippen LogP contribution < -0.4 is 10.9 Å². The highest BCUT2D eigenvalue weighted by Gasteiger charge is 2.11. The molecule has 1 atom stereocenters. The summed E-state index contributed by atoms with van der Waals surface area (Å²) in [7, 11) is 3.96. The Hall–Kier alpha value is -0.880. The second kappa shape index (κ2) is 8.54. The number of nitrogens with one attached hydrogen (secondary N) is 1. The van der Waals surface area contributed by atoms with Crippen LogP contribution in [0.1, 0.15) is 33.6 Å². The van der Waals surface area contributed by atoms with Crippen LogP contribution in [0.4, 0.5) is 5.69 Å². The molecule has 1 aromatic rings. The van der Waals surface area contributed by atoms with Gasteiger partial charge in [0.2, 0.25) is 0 Å². The first-order valence-electron chi connectivity index (χ1n) is 7.48. The molecule has 5 nitrogen and oxygen atoms in total. The number of hydrogen-bond donors (Lipinski definition) is 1. The molecule has 120 valence electrons. The number of aromatic nitrogens is 2. The normalized spacial score (nSPS) is 13.0. The lowest BCUT2D eigenvalue weighted by molar-refractivity contribution is 0.367. The maximum Gasteiger partial charge on any atom is 0.283 e. The first-order valence-corrected chi connectivity index (χ1v) is 8.27. The number of likely N-dealkylation sites (N-methyl/N-ethyl adjacent to an activating group) is 1. The Balaban J connectivity index is 2.73. The van der Waals surface area contributed by atoms with Gasteiger partial charge in [0.25, 0.3) is 5.56 Å². The van der Waals surface area contributed by atoms with Crippen molar-refractivity contribution in [2.45, 2.75) is 46.2 Å². The van der Waals surface area contributed by atoms with E-state index in [1.165, 1.54) is 11.1 Å². The minimum atomic E-state index is -0.0853. The van der Waals surface area contributed by atoms with Gasteiger partial charge in [0.05, 0.1) is 18.4 Å². The minimum Gasteiger partial charge on any atom is -0.380 e. The second-order valence-electron chi connectivity index (χ2n) is 6.22. The predicted octanol–water partition coefficient (Wildman–Crippen LogP) is 2.80. The summed E-state index contributed by atoms with van der Waals surface area (Å²) in [6, 6.07) is 0.322. The van der Waals surface area contributed by atoms with Crippen molar-refractivity contribution < 1.29 is 0 Å². The fraction of sp³-hybridized carbons (Fsp3) is 0.733. The van der Waals surface area contributed by atoms with E-state index >= 15 is 0 Å². The zero-order chi connectivity index (χ0) is 16.0. The minimum absolute atomic E-state index is 0.0853. The standard InChI is InChI=1S/C15H27BrN4O/c1-11(2)6-7-12(3)18-13-10-17-20(9-8-19(4)5)15(21)14(13)16/h10-12,18H,6-9H2,1-5H3. The van der Waals surface area contributed by atoms with Crippen molar-refractivity contribution in [3.63, 3.8) is 0 Å². The SMILES string of the molecule is CC(C)CCC(C)Nc1cnn(CCN(C)C)c(=O)c1Br. The van der Waals surface area contributed by atoms with Crippen molar-refractivity contribution in [1.82, 2.24) is 14.7 Å².